The molecule has 1 atom stereocenters. The fourth-order valence-corrected chi connectivity index (χ4v) is 1.96. The van der Waals surface area contributed by atoms with Gasteiger partial charge in [0.05, 0.1) is 6.42 Å². The van der Waals surface area contributed by atoms with E-state index >= 15 is 0 Å². The summed E-state index contributed by atoms with van der Waals surface area (Å²) in [6.45, 7) is 2.78. The van der Waals surface area contributed by atoms with Crippen molar-refractivity contribution in [1.29, 1.82) is 0 Å². The van der Waals surface area contributed by atoms with Crippen LogP contribution in [-0.2, 0) is 21.6 Å². The number of carbonyl (C=O) groups is 1. The third-order valence-electron chi connectivity index (χ3n) is 2.96. The maximum Gasteiger partial charge on any atom is 0.303 e. The summed E-state index contributed by atoms with van der Waals surface area (Å²) in [5, 5.41) is 8.58. The Morgan fingerprint density at radius 1 is 1.75 bits per heavy atom. The SMILES string of the molecule is CC1(c2ncc(CCC(=O)O)[nH]2)CCCO1. The lowest BCUT2D eigenvalue weighted by molar-refractivity contribution is -0.136. The van der Waals surface area contributed by atoms with E-state index in [1.807, 2.05) is 6.92 Å². The van der Waals surface area contributed by atoms with Gasteiger partial charge in [-0.25, -0.2) is 4.98 Å². The van der Waals surface area contributed by atoms with Crippen molar-refractivity contribution in [1.82, 2.24) is 9.97 Å². The van der Waals surface area contributed by atoms with Gasteiger partial charge in [-0.3, -0.25) is 4.79 Å². The van der Waals surface area contributed by atoms with Crippen molar-refractivity contribution in [2.75, 3.05) is 6.61 Å². The van der Waals surface area contributed by atoms with Crippen molar-refractivity contribution in [2.45, 2.75) is 38.2 Å². The first-order valence-corrected chi connectivity index (χ1v) is 5.50. The van der Waals surface area contributed by atoms with Crippen molar-refractivity contribution in [3.63, 3.8) is 0 Å². The number of H-pyrrole nitrogens is 1. The lowest BCUT2D eigenvalue weighted by atomic mass is 10.0. The molecule has 1 aliphatic heterocycles. The summed E-state index contributed by atoms with van der Waals surface area (Å²) >= 11 is 0. The van der Waals surface area contributed by atoms with Crippen LogP contribution in [0.2, 0.25) is 0 Å². The molecule has 1 aliphatic rings. The summed E-state index contributed by atoms with van der Waals surface area (Å²) in [7, 11) is 0. The third-order valence-corrected chi connectivity index (χ3v) is 2.96. The second-order valence-corrected chi connectivity index (χ2v) is 4.33. The van der Waals surface area contributed by atoms with Crippen LogP contribution in [0.4, 0.5) is 0 Å². The van der Waals surface area contributed by atoms with E-state index in [-0.39, 0.29) is 12.0 Å². The Kier molecular flexibility index (Phi) is 2.96. The van der Waals surface area contributed by atoms with Gasteiger partial charge in [0, 0.05) is 18.5 Å². The topological polar surface area (TPSA) is 75.2 Å². The van der Waals surface area contributed by atoms with Crippen LogP contribution in [0.15, 0.2) is 6.20 Å². The van der Waals surface area contributed by atoms with Gasteiger partial charge >= 0.3 is 5.97 Å². The van der Waals surface area contributed by atoms with Gasteiger partial charge < -0.3 is 14.8 Å². The van der Waals surface area contributed by atoms with Crippen molar-refractivity contribution in [3.8, 4) is 0 Å². The molecule has 2 heterocycles. The molecular formula is C11H16N2O3. The average Bonchev–Trinajstić information content (AvgIpc) is 2.84. The number of hydrogen-bond acceptors (Lipinski definition) is 3. The van der Waals surface area contributed by atoms with Crippen LogP contribution >= 0.6 is 0 Å². The van der Waals surface area contributed by atoms with Crippen LogP contribution in [0.25, 0.3) is 0 Å². The van der Waals surface area contributed by atoms with Crippen molar-refractivity contribution in [2.24, 2.45) is 0 Å². The number of hydrogen-bond donors (Lipinski definition) is 2. The number of ether oxygens (including phenoxy) is 1. The molecular weight excluding hydrogens is 208 g/mol. The molecule has 1 aromatic rings. The van der Waals surface area contributed by atoms with Crippen molar-refractivity contribution >= 4 is 5.97 Å². The van der Waals surface area contributed by atoms with Gasteiger partial charge in [0.2, 0.25) is 0 Å². The second-order valence-electron chi connectivity index (χ2n) is 4.33. The lowest BCUT2D eigenvalue weighted by Gasteiger charge is -2.19. The molecule has 2 rings (SSSR count). The normalized spacial score (nSPS) is 24.8. The fourth-order valence-electron chi connectivity index (χ4n) is 1.96. The van der Waals surface area contributed by atoms with Gasteiger partial charge in [0.25, 0.3) is 0 Å². The quantitative estimate of drug-likeness (QED) is 0.811. The molecule has 16 heavy (non-hydrogen) atoms. The van der Waals surface area contributed by atoms with E-state index in [9.17, 15) is 4.79 Å². The molecule has 1 fully saturated rings. The first-order chi connectivity index (χ1) is 7.60. The molecule has 0 saturated carbocycles. The monoisotopic (exact) mass is 224 g/mol. The molecule has 0 radical (unpaired) electrons. The Morgan fingerprint density at radius 3 is 3.19 bits per heavy atom. The summed E-state index contributed by atoms with van der Waals surface area (Å²) < 4.78 is 5.66. The molecule has 5 heteroatoms. The molecule has 0 amide bonds. The molecule has 5 nitrogen and oxygen atoms in total. The highest BCUT2D eigenvalue weighted by Crippen LogP contribution is 2.33. The van der Waals surface area contributed by atoms with E-state index < -0.39 is 5.97 Å². The van der Waals surface area contributed by atoms with E-state index in [4.69, 9.17) is 9.84 Å². The minimum Gasteiger partial charge on any atom is -0.481 e. The zero-order chi connectivity index (χ0) is 11.6. The highest BCUT2D eigenvalue weighted by molar-refractivity contribution is 5.66. The molecule has 2 N–H and O–H groups in total. The summed E-state index contributed by atoms with van der Waals surface area (Å²) in [5.41, 5.74) is 0.538. The number of rotatable bonds is 4. The molecule has 0 spiro atoms. The number of aromatic amines is 1. The zero-order valence-corrected chi connectivity index (χ0v) is 9.32. The maximum atomic E-state index is 10.4. The van der Waals surface area contributed by atoms with Crippen LogP contribution < -0.4 is 0 Å². The standard InChI is InChI=1S/C11H16N2O3/c1-11(5-2-6-16-11)10-12-7-8(13-10)3-4-9(14)15/h7H,2-6H2,1H3,(H,12,13)(H,14,15). The summed E-state index contributed by atoms with van der Waals surface area (Å²) in [5.74, 6) is 0.0184. The highest BCUT2D eigenvalue weighted by Gasteiger charge is 2.34. The molecule has 0 aromatic carbocycles. The number of carboxylic acid groups (broad SMARTS) is 1. The molecule has 88 valence electrons. The predicted octanol–water partition coefficient (Wildman–Crippen LogP) is 1.45. The van der Waals surface area contributed by atoms with Gasteiger partial charge in [-0.2, -0.15) is 0 Å². The lowest BCUT2D eigenvalue weighted by Crippen LogP contribution is -2.21. The van der Waals surface area contributed by atoms with Gasteiger partial charge in [-0.15, -0.1) is 0 Å². The first kappa shape index (κ1) is 11.1. The smallest absolute Gasteiger partial charge is 0.303 e. The van der Waals surface area contributed by atoms with Crippen LogP contribution in [0, 0.1) is 0 Å². The fraction of sp³-hybridized carbons (Fsp3) is 0.636. The predicted molar refractivity (Wildman–Crippen MR) is 57.1 cm³/mol. The van der Waals surface area contributed by atoms with Crippen LogP contribution in [-0.4, -0.2) is 27.7 Å². The van der Waals surface area contributed by atoms with Crippen LogP contribution in [0.3, 0.4) is 0 Å². The Morgan fingerprint density at radius 2 is 2.56 bits per heavy atom. The first-order valence-electron chi connectivity index (χ1n) is 5.50. The Hall–Kier alpha value is -1.36. The van der Waals surface area contributed by atoms with Gasteiger partial charge in [-0.1, -0.05) is 0 Å². The maximum absolute atomic E-state index is 10.4. The van der Waals surface area contributed by atoms with E-state index in [0.29, 0.717) is 6.42 Å². The third kappa shape index (κ3) is 2.24. The van der Waals surface area contributed by atoms with Crippen LogP contribution in [0.5, 0.6) is 0 Å². The summed E-state index contributed by atoms with van der Waals surface area (Å²) in [4.78, 5) is 17.9. The second kappa shape index (κ2) is 4.25. The molecule has 1 aromatic heterocycles. The van der Waals surface area contributed by atoms with E-state index in [1.165, 1.54) is 0 Å². The molecule has 0 aliphatic carbocycles. The van der Waals surface area contributed by atoms with Crippen LogP contribution in [0.1, 0.15) is 37.7 Å². The Bertz CT molecular complexity index is 380. The summed E-state index contributed by atoms with van der Waals surface area (Å²) in [6.07, 6.45) is 4.31. The van der Waals surface area contributed by atoms with Gasteiger partial charge in [-0.05, 0) is 26.2 Å². The number of nitrogens with zero attached hydrogens (tertiary/aromatic N) is 1. The van der Waals surface area contributed by atoms with E-state index in [0.717, 1.165) is 31.0 Å². The number of imidazole rings is 1. The van der Waals surface area contributed by atoms with E-state index in [2.05, 4.69) is 9.97 Å². The summed E-state index contributed by atoms with van der Waals surface area (Å²) in [6, 6.07) is 0. The van der Waals surface area contributed by atoms with Crippen molar-refractivity contribution < 1.29 is 14.6 Å². The van der Waals surface area contributed by atoms with Gasteiger partial charge in [0.15, 0.2) is 0 Å². The number of carboxylic acids is 1. The molecule has 1 unspecified atom stereocenters. The largest absolute Gasteiger partial charge is 0.481 e. The van der Waals surface area contributed by atoms with Crippen molar-refractivity contribution in [3.05, 3.63) is 17.7 Å². The Labute approximate surface area is 93.8 Å². The Balaban J connectivity index is 2.04. The minimum absolute atomic E-state index is 0.124. The number of aryl methyl sites for hydroxylation is 1. The highest BCUT2D eigenvalue weighted by atomic mass is 16.5. The molecule has 0 bridgehead atoms. The molecule has 1 saturated heterocycles. The van der Waals surface area contributed by atoms with E-state index in [1.54, 1.807) is 6.20 Å². The zero-order valence-electron chi connectivity index (χ0n) is 9.32. The average molecular weight is 224 g/mol. The van der Waals surface area contributed by atoms with Gasteiger partial charge in [0.1, 0.15) is 11.4 Å². The minimum atomic E-state index is -0.792. The number of aromatic nitrogens is 2. The number of nitrogens with one attached hydrogen (secondary N) is 1. The number of aliphatic carboxylic acids is 1.